The summed E-state index contributed by atoms with van der Waals surface area (Å²) in [4.78, 5) is 40.9. The molecule has 0 aliphatic carbocycles. The Balaban J connectivity index is 1.55. The molecule has 132 valence electrons. The number of imide groups is 1. The Morgan fingerprint density at radius 1 is 1.48 bits per heavy atom. The minimum Gasteiger partial charge on any atom is -0.454 e. The van der Waals surface area contributed by atoms with Gasteiger partial charge in [-0.15, -0.1) is 0 Å². The van der Waals surface area contributed by atoms with E-state index in [2.05, 4.69) is 15.5 Å². The number of ether oxygens (including phenoxy) is 1. The van der Waals surface area contributed by atoms with Crippen molar-refractivity contribution < 1.29 is 23.6 Å². The van der Waals surface area contributed by atoms with Crippen LogP contribution in [0.15, 0.2) is 21.3 Å². The number of esters is 1. The highest BCUT2D eigenvalue weighted by Crippen LogP contribution is 2.21. The van der Waals surface area contributed by atoms with Gasteiger partial charge in [-0.3, -0.25) is 14.5 Å². The quantitative estimate of drug-likeness (QED) is 0.611. The number of nitrogens with one attached hydrogen (secondary N) is 1. The van der Waals surface area contributed by atoms with E-state index in [0.717, 1.165) is 10.5 Å². The van der Waals surface area contributed by atoms with Crippen molar-refractivity contribution in [2.45, 2.75) is 32.4 Å². The Hall–Kier alpha value is -2.75. The van der Waals surface area contributed by atoms with Gasteiger partial charge < -0.3 is 14.6 Å². The first-order valence-electron chi connectivity index (χ1n) is 7.58. The van der Waals surface area contributed by atoms with Crippen LogP contribution in [0.3, 0.4) is 0 Å². The van der Waals surface area contributed by atoms with E-state index in [1.165, 1.54) is 11.3 Å². The largest absolute Gasteiger partial charge is 0.454 e. The van der Waals surface area contributed by atoms with Crippen molar-refractivity contribution in [1.29, 1.82) is 0 Å². The molecule has 3 rings (SSSR count). The van der Waals surface area contributed by atoms with Gasteiger partial charge in [0.2, 0.25) is 5.82 Å². The lowest BCUT2D eigenvalue weighted by atomic mass is 9.99. The Bertz CT molecular complexity index is 803. The Labute approximate surface area is 147 Å². The van der Waals surface area contributed by atoms with Crippen LogP contribution in [0.25, 0.3) is 11.4 Å². The van der Waals surface area contributed by atoms with Crippen LogP contribution >= 0.6 is 11.3 Å². The molecule has 0 aromatic carbocycles. The molecule has 1 saturated heterocycles. The molecule has 1 aliphatic heterocycles. The predicted molar refractivity (Wildman–Crippen MR) is 86.3 cm³/mol. The molecule has 9 nitrogen and oxygen atoms in total. The number of rotatable bonds is 6. The van der Waals surface area contributed by atoms with Gasteiger partial charge >= 0.3 is 12.0 Å². The number of carbonyl (C=O) groups excluding carboxylic acids is 3. The third-order valence-electron chi connectivity index (χ3n) is 3.94. The lowest BCUT2D eigenvalue weighted by molar-refractivity contribution is -0.149. The van der Waals surface area contributed by atoms with Gasteiger partial charge in [0.15, 0.2) is 6.61 Å². The zero-order valence-electron chi connectivity index (χ0n) is 13.6. The van der Waals surface area contributed by atoms with Crippen LogP contribution in [-0.2, 0) is 20.9 Å². The molecule has 0 spiro atoms. The smallest absolute Gasteiger partial charge is 0.326 e. The maximum atomic E-state index is 12.2. The van der Waals surface area contributed by atoms with Crippen molar-refractivity contribution in [3.8, 4) is 11.4 Å². The lowest BCUT2D eigenvalue weighted by Gasteiger charge is -2.18. The third-order valence-corrected chi connectivity index (χ3v) is 4.63. The third kappa shape index (κ3) is 3.38. The van der Waals surface area contributed by atoms with Gasteiger partial charge in [0.1, 0.15) is 12.1 Å². The molecule has 0 radical (unpaired) electrons. The maximum Gasteiger partial charge on any atom is 0.326 e. The monoisotopic (exact) mass is 364 g/mol. The fourth-order valence-corrected chi connectivity index (χ4v) is 2.90. The summed E-state index contributed by atoms with van der Waals surface area (Å²) in [7, 11) is 0. The summed E-state index contributed by atoms with van der Waals surface area (Å²) in [6.07, 6.45) is 0.427. The molecule has 0 unspecified atom stereocenters. The van der Waals surface area contributed by atoms with Crippen LogP contribution in [-0.4, -0.2) is 45.0 Å². The molecule has 3 heterocycles. The normalized spacial score (nSPS) is 20.0. The first-order valence-corrected chi connectivity index (χ1v) is 8.52. The molecule has 1 aliphatic rings. The van der Waals surface area contributed by atoms with Crippen molar-refractivity contribution in [2.75, 3.05) is 6.54 Å². The van der Waals surface area contributed by atoms with Crippen LogP contribution in [0.5, 0.6) is 0 Å². The molecule has 25 heavy (non-hydrogen) atoms. The number of hydrogen-bond donors (Lipinski definition) is 1. The van der Waals surface area contributed by atoms with Gasteiger partial charge in [-0.2, -0.15) is 16.3 Å². The molecule has 10 heteroatoms. The van der Waals surface area contributed by atoms with Gasteiger partial charge in [0, 0.05) is 10.9 Å². The number of aromatic nitrogens is 2. The highest BCUT2D eigenvalue weighted by molar-refractivity contribution is 7.08. The minimum absolute atomic E-state index is 0.130. The zero-order valence-corrected chi connectivity index (χ0v) is 14.5. The maximum absolute atomic E-state index is 12.2. The number of hydrogen-bond acceptors (Lipinski definition) is 8. The van der Waals surface area contributed by atoms with E-state index >= 15 is 0 Å². The Kier molecular flexibility index (Phi) is 4.53. The zero-order chi connectivity index (χ0) is 18.0. The van der Waals surface area contributed by atoms with Crippen molar-refractivity contribution in [1.82, 2.24) is 20.4 Å². The number of thiophene rings is 1. The van der Waals surface area contributed by atoms with Crippen LogP contribution in [0, 0.1) is 0 Å². The average molecular weight is 364 g/mol. The number of urea groups is 1. The van der Waals surface area contributed by atoms with Gasteiger partial charge in [0.25, 0.3) is 11.8 Å². The topological polar surface area (TPSA) is 115 Å². The SMILES string of the molecule is CC[C@]1(C)NC(=O)N(CC(=O)OCc2nc(-c3ccsc3)no2)C1=O. The number of nitrogens with zero attached hydrogens (tertiary/aromatic N) is 3. The van der Waals surface area contributed by atoms with Crippen LogP contribution in [0.1, 0.15) is 26.2 Å². The lowest BCUT2D eigenvalue weighted by Crippen LogP contribution is -2.43. The fourth-order valence-electron chi connectivity index (χ4n) is 2.27. The van der Waals surface area contributed by atoms with E-state index in [-0.39, 0.29) is 12.5 Å². The van der Waals surface area contributed by atoms with E-state index in [4.69, 9.17) is 9.26 Å². The van der Waals surface area contributed by atoms with Gasteiger partial charge in [-0.1, -0.05) is 12.1 Å². The van der Waals surface area contributed by atoms with Crippen molar-refractivity contribution in [3.63, 3.8) is 0 Å². The summed E-state index contributed by atoms with van der Waals surface area (Å²) < 4.78 is 10.0. The summed E-state index contributed by atoms with van der Waals surface area (Å²) in [6.45, 7) is 2.69. The van der Waals surface area contributed by atoms with Gasteiger partial charge in [-0.25, -0.2) is 4.79 Å². The minimum atomic E-state index is -0.987. The Morgan fingerprint density at radius 2 is 2.28 bits per heavy atom. The molecule has 2 aromatic heterocycles. The first-order chi connectivity index (χ1) is 11.9. The summed E-state index contributed by atoms with van der Waals surface area (Å²) >= 11 is 1.50. The molecule has 1 N–H and O–H groups in total. The van der Waals surface area contributed by atoms with E-state index in [9.17, 15) is 14.4 Å². The second-order valence-corrected chi connectivity index (χ2v) is 6.47. The first kappa shape index (κ1) is 17.1. The van der Waals surface area contributed by atoms with Crippen LogP contribution in [0.4, 0.5) is 4.79 Å². The summed E-state index contributed by atoms with van der Waals surface area (Å²) in [5.74, 6) is -0.654. The fraction of sp³-hybridized carbons (Fsp3) is 0.400. The second kappa shape index (κ2) is 6.63. The van der Waals surface area contributed by atoms with E-state index < -0.39 is 30.0 Å². The average Bonchev–Trinajstić information content (AvgIpc) is 3.30. The van der Waals surface area contributed by atoms with Gasteiger partial charge in [-0.05, 0) is 24.8 Å². The molecule has 0 bridgehead atoms. The van der Waals surface area contributed by atoms with Crippen molar-refractivity contribution in [3.05, 3.63) is 22.7 Å². The molecular weight excluding hydrogens is 348 g/mol. The summed E-state index contributed by atoms with van der Waals surface area (Å²) in [5.41, 5.74) is -0.177. The van der Waals surface area contributed by atoms with Gasteiger partial charge in [0.05, 0.1) is 0 Å². The van der Waals surface area contributed by atoms with E-state index in [1.807, 2.05) is 16.8 Å². The standard InChI is InChI=1S/C15H16N4O5S/c1-3-15(2)13(21)19(14(22)17-15)6-11(20)23-7-10-16-12(18-24-10)9-4-5-25-8-9/h4-5,8H,3,6-7H2,1-2H3,(H,17,22)/t15-/m0/s1. The molecule has 2 aromatic rings. The summed E-state index contributed by atoms with van der Waals surface area (Å²) in [5, 5.41) is 10.1. The van der Waals surface area contributed by atoms with Crippen molar-refractivity contribution >= 4 is 29.2 Å². The number of carbonyl (C=O) groups is 3. The van der Waals surface area contributed by atoms with Crippen LogP contribution in [0.2, 0.25) is 0 Å². The molecule has 0 saturated carbocycles. The van der Waals surface area contributed by atoms with E-state index in [1.54, 1.807) is 13.8 Å². The molecule has 1 atom stereocenters. The second-order valence-electron chi connectivity index (χ2n) is 5.69. The highest BCUT2D eigenvalue weighted by Gasteiger charge is 2.47. The van der Waals surface area contributed by atoms with Crippen LogP contribution < -0.4 is 5.32 Å². The summed E-state index contributed by atoms with van der Waals surface area (Å²) in [6, 6.07) is 1.23. The molecule has 3 amide bonds. The Morgan fingerprint density at radius 3 is 2.92 bits per heavy atom. The number of amides is 3. The highest BCUT2D eigenvalue weighted by atomic mass is 32.1. The molecule has 1 fully saturated rings. The van der Waals surface area contributed by atoms with Crippen molar-refractivity contribution in [2.24, 2.45) is 0 Å². The molecular formula is C15H16N4O5S. The van der Waals surface area contributed by atoms with E-state index in [0.29, 0.717) is 12.2 Å². The predicted octanol–water partition coefficient (Wildman–Crippen LogP) is 1.56.